The molecule has 134 valence electrons. The SMILES string of the molecule is CCOc1ccc(OCCNC(=O)c2ccc(-n3cncn3)nn2)cc1. The maximum absolute atomic E-state index is 12.0. The van der Waals surface area contributed by atoms with Crippen molar-refractivity contribution in [3.63, 3.8) is 0 Å². The quantitative estimate of drug-likeness (QED) is 0.607. The second-order valence-electron chi connectivity index (χ2n) is 5.13. The van der Waals surface area contributed by atoms with Crippen molar-refractivity contribution in [2.24, 2.45) is 0 Å². The van der Waals surface area contributed by atoms with Gasteiger partial charge in [-0.15, -0.1) is 10.2 Å². The fraction of sp³-hybridized carbons (Fsp3) is 0.235. The first-order chi connectivity index (χ1) is 12.8. The number of hydrogen-bond acceptors (Lipinski definition) is 7. The summed E-state index contributed by atoms with van der Waals surface area (Å²) in [5.41, 5.74) is 0.218. The van der Waals surface area contributed by atoms with Gasteiger partial charge in [0, 0.05) is 0 Å². The summed E-state index contributed by atoms with van der Waals surface area (Å²) >= 11 is 0. The van der Waals surface area contributed by atoms with Gasteiger partial charge in [0.1, 0.15) is 30.8 Å². The normalized spacial score (nSPS) is 10.3. The molecule has 0 unspecified atom stereocenters. The number of carbonyl (C=O) groups excluding carboxylic acids is 1. The van der Waals surface area contributed by atoms with E-state index in [9.17, 15) is 4.79 Å². The predicted molar refractivity (Wildman–Crippen MR) is 92.4 cm³/mol. The Labute approximate surface area is 150 Å². The molecule has 9 heteroatoms. The Kier molecular flexibility index (Phi) is 5.71. The molecule has 0 aliphatic heterocycles. The Morgan fingerprint density at radius 3 is 2.46 bits per heavy atom. The van der Waals surface area contributed by atoms with Crippen molar-refractivity contribution >= 4 is 5.91 Å². The van der Waals surface area contributed by atoms with E-state index in [4.69, 9.17) is 9.47 Å². The third kappa shape index (κ3) is 4.53. The minimum atomic E-state index is -0.321. The first kappa shape index (κ1) is 17.3. The first-order valence-corrected chi connectivity index (χ1v) is 8.09. The van der Waals surface area contributed by atoms with Gasteiger partial charge >= 0.3 is 0 Å². The molecule has 0 saturated heterocycles. The lowest BCUT2D eigenvalue weighted by molar-refractivity contribution is 0.0941. The van der Waals surface area contributed by atoms with Crippen molar-refractivity contribution in [1.29, 1.82) is 0 Å². The van der Waals surface area contributed by atoms with Crippen LogP contribution in [0.4, 0.5) is 0 Å². The molecule has 0 radical (unpaired) electrons. The molecular weight excluding hydrogens is 336 g/mol. The van der Waals surface area contributed by atoms with Gasteiger partial charge in [-0.05, 0) is 43.3 Å². The van der Waals surface area contributed by atoms with Crippen molar-refractivity contribution in [2.45, 2.75) is 6.92 Å². The zero-order valence-electron chi connectivity index (χ0n) is 14.2. The van der Waals surface area contributed by atoms with E-state index < -0.39 is 0 Å². The van der Waals surface area contributed by atoms with E-state index in [1.165, 1.54) is 17.3 Å². The highest BCUT2D eigenvalue weighted by Gasteiger charge is 2.08. The highest BCUT2D eigenvalue weighted by Crippen LogP contribution is 2.17. The zero-order valence-corrected chi connectivity index (χ0v) is 14.2. The number of rotatable bonds is 8. The Bertz CT molecular complexity index is 819. The smallest absolute Gasteiger partial charge is 0.271 e. The van der Waals surface area contributed by atoms with Crippen molar-refractivity contribution in [3.8, 4) is 17.3 Å². The number of aromatic nitrogens is 5. The van der Waals surface area contributed by atoms with Crippen LogP contribution in [0, 0.1) is 0 Å². The van der Waals surface area contributed by atoms with Crippen LogP contribution in [-0.2, 0) is 0 Å². The summed E-state index contributed by atoms with van der Waals surface area (Å²) in [5.74, 6) is 1.66. The molecule has 2 aromatic heterocycles. The number of amides is 1. The van der Waals surface area contributed by atoms with E-state index in [1.54, 1.807) is 12.1 Å². The van der Waals surface area contributed by atoms with Crippen LogP contribution >= 0.6 is 0 Å². The van der Waals surface area contributed by atoms with Crippen LogP contribution in [0.25, 0.3) is 5.82 Å². The second kappa shape index (κ2) is 8.56. The maximum atomic E-state index is 12.0. The topological polar surface area (TPSA) is 104 Å². The van der Waals surface area contributed by atoms with Crippen LogP contribution in [0.3, 0.4) is 0 Å². The Balaban J connectivity index is 1.43. The number of nitrogens with one attached hydrogen (secondary N) is 1. The van der Waals surface area contributed by atoms with Crippen LogP contribution in [0.5, 0.6) is 11.5 Å². The summed E-state index contributed by atoms with van der Waals surface area (Å²) in [4.78, 5) is 15.9. The van der Waals surface area contributed by atoms with E-state index in [2.05, 4.69) is 25.6 Å². The molecule has 3 aromatic rings. The van der Waals surface area contributed by atoms with Gasteiger partial charge in [0.2, 0.25) is 0 Å². The van der Waals surface area contributed by atoms with Crippen LogP contribution in [0.2, 0.25) is 0 Å². The Hall–Kier alpha value is -3.49. The molecule has 3 rings (SSSR count). The van der Waals surface area contributed by atoms with Crippen LogP contribution in [-0.4, -0.2) is 50.6 Å². The number of ether oxygens (including phenoxy) is 2. The molecule has 0 bridgehead atoms. The van der Waals surface area contributed by atoms with Gasteiger partial charge in [0.15, 0.2) is 11.5 Å². The van der Waals surface area contributed by atoms with E-state index in [0.29, 0.717) is 31.3 Å². The molecule has 0 fully saturated rings. The monoisotopic (exact) mass is 354 g/mol. The summed E-state index contributed by atoms with van der Waals surface area (Å²) < 4.78 is 12.4. The molecule has 2 heterocycles. The van der Waals surface area contributed by atoms with Crippen molar-refractivity contribution < 1.29 is 14.3 Å². The Morgan fingerprint density at radius 1 is 1.08 bits per heavy atom. The van der Waals surface area contributed by atoms with Crippen LogP contribution < -0.4 is 14.8 Å². The highest BCUT2D eigenvalue weighted by molar-refractivity contribution is 5.92. The summed E-state index contributed by atoms with van der Waals surface area (Å²) in [7, 11) is 0. The maximum Gasteiger partial charge on any atom is 0.271 e. The summed E-state index contributed by atoms with van der Waals surface area (Å²) in [6.07, 6.45) is 2.90. The zero-order chi connectivity index (χ0) is 18.2. The molecule has 0 aliphatic rings. The van der Waals surface area contributed by atoms with Crippen LogP contribution in [0.1, 0.15) is 17.4 Å². The van der Waals surface area contributed by atoms with Gasteiger partial charge in [0.25, 0.3) is 5.91 Å². The molecule has 0 spiro atoms. The predicted octanol–water partition coefficient (Wildman–Crippen LogP) is 1.26. The minimum Gasteiger partial charge on any atom is -0.494 e. The van der Waals surface area contributed by atoms with E-state index in [0.717, 1.165) is 5.75 Å². The second-order valence-corrected chi connectivity index (χ2v) is 5.13. The highest BCUT2D eigenvalue weighted by atomic mass is 16.5. The van der Waals surface area contributed by atoms with Gasteiger partial charge in [-0.25, -0.2) is 9.67 Å². The number of benzene rings is 1. The summed E-state index contributed by atoms with van der Waals surface area (Å²) in [6, 6.07) is 10.5. The molecule has 9 nitrogen and oxygen atoms in total. The van der Waals surface area contributed by atoms with Crippen molar-refractivity contribution in [2.75, 3.05) is 19.8 Å². The van der Waals surface area contributed by atoms with E-state index in [-0.39, 0.29) is 11.6 Å². The number of hydrogen-bond donors (Lipinski definition) is 1. The molecular formula is C17H18N6O3. The first-order valence-electron chi connectivity index (χ1n) is 8.09. The lowest BCUT2D eigenvalue weighted by Crippen LogP contribution is -2.29. The molecule has 1 aromatic carbocycles. The third-order valence-electron chi connectivity index (χ3n) is 3.33. The van der Waals surface area contributed by atoms with Gasteiger partial charge in [-0.1, -0.05) is 0 Å². The number of carbonyl (C=O) groups is 1. The minimum absolute atomic E-state index is 0.218. The van der Waals surface area contributed by atoms with Crippen molar-refractivity contribution in [1.82, 2.24) is 30.3 Å². The average Bonchev–Trinajstić information content (AvgIpc) is 3.21. The number of nitrogens with zero attached hydrogens (tertiary/aromatic N) is 5. The van der Waals surface area contributed by atoms with E-state index >= 15 is 0 Å². The molecule has 1 amide bonds. The lowest BCUT2D eigenvalue weighted by Gasteiger charge is -2.08. The molecule has 0 saturated carbocycles. The van der Waals surface area contributed by atoms with Crippen LogP contribution in [0.15, 0.2) is 49.1 Å². The van der Waals surface area contributed by atoms with Gasteiger partial charge in [0.05, 0.1) is 13.2 Å². The van der Waals surface area contributed by atoms with Gasteiger partial charge < -0.3 is 14.8 Å². The summed E-state index contributed by atoms with van der Waals surface area (Å²) in [5, 5.41) is 14.5. The van der Waals surface area contributed by atoms with E-state index in [1.807, 2.05) is 31.2 Å². The molecule has 0 atom stereocenters. The van der Waals surface area contributed by atoms with Gasteiger partial charge in [-0.2, -0.15) is 5.10 Å². The largest absolute Gasteiger partial charge is 0.494 e. The lowest BCUT2D eigenvalue weighted by atomic mass is 10.3. The summed E-state index contributed by atoms with van der Waals surface area (Å²) in [6.45, 7) is 3.23. The Morgan fingerprint density at radius 2 is 1.85 bits per heavy atom. The molecule has 26 heavy (non-hydrogen) atoms. The molecule has 0 aliphatic carbocycles. The fourth-order valence-corrected chi connectivity index (χ4v) is 2.12. The van der Waals surface area contributed by atoms with Gasteiger partial charge in [-0.3, -0.25) is 4.79 Å². The average molecular weight is 354 g/mol. The third-order valence-corrected chi connectivity index (χ3v) is 3.33. The molecule has 1 N–H and O–H groups in total. The fourth-order valence-electron chi connectivity index (χ4n) is 2.12. The van der Waals surface area contributed by atoms with Crippen molar-refractivity contribution in [3.05, 3.63) is 54.7 Å². The standard InChI is InChI=1S/C17H18N6O3/c1-2-25-13-3-5-14(6-4-13)26-10-9-19-17(24)15-7-8-16(22-21-15)23-12-18-11-20-23/h3-8,11-12H,2,9-10H2,1H3,(H,19,24).